The molecule has 1 N–H and O–H groups in total. The van der Waals surface area contributed by atoms with E-state index < -0.39 is 11.5 Å². The van der Waals surface area contributed by atoms with Crippen LogP contribution in [0.15, 0.2) is 30.3 Å². The third-order valence-electron chi connectivity index (χ3n) is 4.01. The molecule has 1 atom stereocenters. The third-order valence-corrected chi connectivity index (χ3v) is 4.01. The van der Waals surface area contributed by atoms with Gasteiger partial charge in [0, 0.05) is 19.3 Å². The topological polar surface area (TPSA) is 60.9 Å². The second-order valence-corrected chi connectivity index (χ2v) is 5.36. The van der Waals surface area contributed by atoms with E-state index in [0.717, 1.165) is 18.5 Å². The molecule has 1 saturated heterocycles. The number of carboxylic acid groups (broad SMARTS) is 1. The van der Waals surface area contributed by atoms with Crippen molar-refractivity contribution in [1.29, 1.82) is 0 Å². The summed E-state index contributed by atoms with van der Waals surface area (Å²) in [5, 5.41) is 9.46. The number of para-hydroxylation sites is 1. The maximum absolute atomic E-state index is 12.6. The van der Waals surface area contributed by atoms with Crippen LogP contribution in [0.3, 0.4) is 0 Å². The minimum Gasteiger partial charge on any atom is -0.480 e. The number of aliphatic carboxylic acids is 1. The molecule has 20 heavy (non-hydrogen) atoms. The van der Waals surface area contributed by atoms with Gasteiger partial charge in [0.1, 0.15) is 5.54 Å². The zero-order valence-corrected chi connectivity index (χ0v) is 11.9. The predicted octanol–water partition coefficient (Wildman–Crippen LogP) is 2.57. The lowest BCUT2D eigenvalue weighted by molar-refractivity contribution is -0.150. The van der Waals surface area contributed by atoms with E-state index in [1.165, 1.54) is 9.80 Å². The predicted molar refractivity (Wildman–Crippen MR) is 76.8 cm³/mol. The first-order valence-electron chi connectivity index (χ1n) is 6.80. The molecule has 0 saturated carbocycles. The van der Waals surface area contributed by atoms with Gasteiger partial charge in [-0.1, -0.05) is 18.2 Å². The lowest BCUT2D eigenvalue weighted by Gasteiger charge is -2.43. The van der Waals surface area contributed by atoms with E-state index >= 15 is 0 Å². The summed E-state index contributed by atoms with van der Waals surface area (Å²) in [6.45, 7) is 2.12. The van der Waals surface area contributed by atoms with Gasteiger partial charge < -0.3 is 10.0 Å². The molecule has 1 unspecified atom stereocenters. The highest BCUT2D eigenvalue weighted by Gasteiger charge is 2.44. The van der Waals surface area contributed by atoms with Crippen LogP contribution < -0.4 is 4.90 Å². The summed E-state index contributed by atoms with van der Waals surface area (Å²) < 4.78 is 0. The van der Waals surface area contributed by atoms with Gasteiger partial charge in [0.15, 0.2) is 0 Å². The Labute approximate surface area is 118 Å². The van der Waals surface area contributed by atoms with Crippen LogP contribution in [0, 0.1) is 0 Å². The Morgan fingerprint density at radius 2 is 1.90 bits per heavy atom. The molecule has 0 aromatic heterocycles. The van der Waals surface area contributed by atoms with Gasteiger partial charge in [-0.25, -0.2) is 9.59 Å². The number of carbonyl (C=O) groups excluding carboxylic acids is 1. The highest BCUT2D eigenvalue weighted by Crippen LogP contribution is 2.30. The number of urea groups is 1. The van der Waals surface area contributed by atoms with Crippen LogP contribution in [-0.4, -0.2) is 41.1 Å². The van der Waals surface area contributed by atoms with Crippen LogP contribution in [0.2, 0.25) is 0 Å². The number of amides is 2. The van der Waals surface area contributed by atoms with Crippen LogP contribution in [-0.2, 0) is 4.79 Å². The zero-order valence-electron chi connectivity index (χ0n) is 11.9. The molecule has 1 aromatic carbocycles. The molecule has 1 fully saturated rings. The van der Waals surface area contributed by atoms with Crippen molar-refractivity contribution in [2.45, 2.75) is 31.7 Å². The largest absolute Gasteiger partial charge is 0.480 e. The van der Waals surface area contributed by atoms with E-state index in [0.29, 0.717) is 13.0 Å². The van der Waals surface area contributed by atoms with E-state index in [-0.39, 0.29) is 6.03 Å². The number of likely N-dealkylation sites (tertiary alicyclic amines) is 1. The van der Waals surface area contributed by atoms with Crippen LogP contribution in [0.4, 0.5) is 10.5 Å². The van der Waals surface area contributed by atoms with Gasteiger partial charge >= 0.3 is 12.0 Å². The fourth-order valence-corrected chi connectivity index (χ4v) is 2.59. The van der Waals surface area contributed by atoms with Crippen LogP contribution in [0.5, 0.6) is 0 Å². The number of piperidine rings is 1. The molecule has 5 nitrogen and oxygen atoms in total. The maximum atomic E-state index is 12.6. The number of benzene rings is 1. The Kier molecular flexibility index (Phi) is 3.97. The SMILES string of the molecule is CN(C(=O)N1CCCCC1(C)C(=O)O)c1ccccc1. The molecule has 2 rings (SSSR count). The number of carboxylic acids is 1. The third kappa shape index (κ3) is 2.48. The molecule has 0 radical (unpaired) electrons. The molecule has 1 heterocycles. The molecular formula is C15H20N2O3. The lowest BCUT2D eigenvalue weighted by Crippen LogP contribution is -2.60. The number of anilines is 1. The molecule has 1 aliphatic rings. The second kappa shape index (κ2) is 5.53. The molecule has 1 aliphatic heterocycles. The summed E-state index contributed by atoms with van der Waals surface area (Å²) in [5.74, 6) is -0.938. The monoisotopic (exact) mass is 276 g/mol. The average Bonchev–Trinajstić information content (AvgIpc) is 2.47. The fourth-order valence-electron chi connectivity index (χ4n) is 2.59. The quantitative estimate of drug-likeness (QED) is 0.903. The first-order chi connectivity index (χ1) is 9.47. The zero-order chi connectivity index (χ0) is 14.8. The number of nitrogens with zero attached hydrogens (tertiary/aromatic N) is 2. The molecule has 2 amide bonds. The lowest BCUT2D eigenvalue weighted by atomic mass is 9.89. The molecular weight excluding hydrogens is 256 g/mol. The Balaban J connectivity index is 2.24. The van der Waals surface area contributed by atoms with Gasteiger partial charge in [-0.2, -0.15) is 0 Å². The summed E-state index contributed by atoms with van der Waals surface area (Å²) in [6, 6.07) is 8.99. The van der Waals surface area contributed by atoms with Gasteiger partial charge in [0.05, 0.1) is 0 Å². The second-order valence-electron chi connectivity index (χ2n) is 5.36. The number of carbonyl (C=O) groups is 2. The summed E-state index contributed by atoms with van der Waals surface area (Å²) in [6.07, 6.45) is 2.18. The number of rotatable bonds is 2. The van der Waals surface area contributed by atoms with E-state index in [9.17, 15) is 14.7 Å². The molecule has 0 spiro atoms. The Bertz CT molecular complexity index is 503. The minimum absolute atomic E-state index is 0.263. The Morgan fingerprint density at radius 1 is 1.25 bits per heavy atom. The average molecular weight is 276 g/mol. The first-order valence-corrected chi connectivity index (χ1v) is 6.80. The van der Waals surface area contributed by atoms with Crippen molar-refractivity contribution in [3.8, 4) is 0 Å². The van der Waals surface area contributed by atoms with E-state index in [1.54, 1.807) is 14.0 Å². The number of hydrogen-bond donors (Lipinski definition) is 1. The van der Waals surface area contributed by atoms with Gasteiger partial charge in [0.25, 0.3) is 0 Å². The summed E-state index contributed by atoms with van der Waals surface area (Å²) in [7, 11) is 1.68. The van der Waals surface area contributed by atoms with Crippen molar-refractivity contribution in [3.63, 3.8) is 0 Å². The van der Waals surface area contributed by atoms with Crippen LogP contribution in [0.25, 0.3) is 0 Å². The van der Waals surface area contributed by atoms with Gasteiger partial charge in [0.2, 0.25) is 0 Å². The molecule has 5 heteroatoms. The van der Waals surface area contributed by atoms with Crippen LogP contribution >= 0.6 is 0 Å². The normalized spacial score (nSPS) is 22.4. The van der Waals surface area contributed by atoms with Crippen molar-refractivity contribution in [1.82, 2.24) is 4.90 Å². The van der Waals surface area contributed by atoms with Gasteiger partial charge in [-0.15, -0.1) is 0 Å². The van der Waals surface area contributed by atoms with Crippen molar-refractivity contribution in [2.75, 3.05) is 18.5 Å². The molecule has 0 aliphatic carbocycles. The number of hydrogen-bond acceptors (Lipinski definition) is 2. The van der Waals surface area contributed by atoms with Crippen LogP contribution in [0.1, 0.15) is 26.2 Å². The maximum Gasteiger partial charge on any atom is 0.329 e. The minimum atomic E-state index is -1.11. The van der Waals surface area contributed by atoms with E-state index in [4.69, 9.17) is 0 Å². The van der Waals surface area contributed by atoms with Crippen molar-refractivity contribution >= 4 is 17.7 Å². The summed E-state index contributed by atoms with van der Waals surface area (Å²) in [4.78, 5) is 27.1. The molecule has 1 aromatic rings. The molecule has 108 valence electrons. The summed E-state index contributed by atoms with van der Waals surface area (Å²) >= 11 is 0. The van der Waals surface area contributed by atoms with Crippen molar-refractivity contribution < 1.29 is 14.7 Å². The highest BCUT2D eigenvalue weighted by atomic mass is 16.4. The van der Waals surface area contributed by atoms with E-state index in [1.807, 2.05) is 30.3 Å². The highest BCUT2D eigenvalue weighted by molar-refractivity contribution is 5.95. The Hall–Kier alpha value is -2.04. The standard InChI is InChI=1S/C15H20N2O3/c1-15(13(18)19)10-6-7-11-17(15)14(20)16(2)12-8-4-3-5-9-12/h3-5,8-9H,6-7,10-11H2,1-2H3,(H,18,19). The Morgan fingerprint density at radius 3 is 2.50 bits per heavy atom. The van der Waals surface area contributed by atoms with Crippen molar-refractivity contribution in [3.05, 3.63) is 30.3 Å². The van der Waals surface area contributed by atoms with Gasteiger partial charge in [-0.3, -0.25) is 4.90 Å². The van der Waals surface area contributed by atoms with Crippen molar-refractivity contribution in [2.24, 2.45) is 0 Å². The van der Waals surface area contributed by atoms with E-state index in [2.05, 4.69) is 0 Å². The fraction of sp³-hybridized carbons (Fsp3) is 0.467. The smallest absolute Gasteiger partial charge is 0.329 e. The van der Waals surface area contributed by atoms with Gasteiger partial charge in [-0.05, 0) is 38.3 Å². The summed E-state index contributed by atoms with van der Waals surface area (Å²) in [5.41, 5.74) is -0.353. The molecule has 0 bridgehead atoms. The first kappa shape index (κ1) is 14.4.